The van der Waals surface area contributed by atoms with Gasteiger partial charge in [0, 0.05) is 12.6 Å². The molecule has 0 bridgehead atoms. The van der Waals surface area contributed by atoms with Gasteiger partial charge in [0.25, 0.3) is 0 Å². The first kappa shape index (κ1) is 12.5. The first-order chi connectivity index (χ1) is 7.52. The third-order valence-electron chi connectivity index (χ3n) is 2.34. The Morgan fingerprint density at radius 1 is 1.44 bits per heavy atom. The Morgan fingerprint density at radius 3 is 2.69 bits per heavy atom. The Hall–Kier alpha value is -1.53. The zero-order valence-electron chi connectivity index (χ0n) is 10.4. The molecular formula is C13H19N3. The van der Waals surface area contributed by atoms with Crippen LogP contribution in [0.15, 0.2) is 18.2 Å². The Bertz CT molecular complexity index is 391. The molecule has 1 unspecified atom stereocenters. The molecule has 0 fully saturated rings. The van der Waals surface area contributed by atoms with Crippen LogP contribution in [0.25, 0.3) is 0 Å². The van der Waals surface area contributed by atoms with Crippen LogP contribution < -0.4 is 5.32 Å². The fourth-order valence-electron chi connectivity index (χ4n) is 1.73. The minimum atomic E-state index is 0.323. The predicted molar refractivity (Wildman–Crippen MR) is 67.5 cm³/mol. The lowest BCUT2D eigenvalue weighted by Crippen LogP contribution is -2.29. The van der Waals surface area contributed by atoms with Crippen molar-refractivity contribution in [1.29, 1.82) is 5.26 Å². The van der Waals surface area contributed by atoms with Gasteiger partial charge in [-0.15, -0.1) is 0 Å². The summed E-state index contributed by atoms with van der Waals surface area (Å²) in [5.74, 6) is 0. The van der Waals surface area contributed by atoms with Gasteiger partial charge in [0.1, 0.15) is 6.07 Å². The molecule has 1 aromatic carbocycles. The first-order valence-corrected chi connectivity index (χ1v) is 5.45. The fourth-order valence-corrected chi connectivity index (χ4v) is 1.73. The number of nitriles is 1. The summed E-state index contributed by atoms with van der Waals surface area (Å²) in [5, 5.41) is 12.4. The van der Waals surface area contributed by atoms with E-state index >= 15 is 0 Å². The molecule has 0 heterocycles. The van der Waals surface area contributed by atoms with Crippen molar-refractivity contribution in [2.24, 2.45) is 0 Å². The summed E-state index contributed by atoms with van der Waals surface area (Å²) in [6, 6.07) is 8.37. The molecule has 0 aliphatic rings. The van der Waals surface area contributed by atoms with Crippen molar-refractivity contribution in [3.63, 3.8) is 0 Å². The van der Waals surface area contributed by atoms with E-state index in [1.807, 2.05) is 39.2 Å². The summed E-state index contributed by atoms with van der Waals surface area (Å²) < 4.78 is 0. The van der Waals surface area contributed by atoms with Crippen molar-refractivity contribution in [2.45, 2.75) is 19.9 Å². The van der Waals surface area contributed by atoms with E-state index in [1.54, 1.807) is 0 Å². The lowest BCUT2D eigenvalue weighted by atomic mass is 10.1. The third-order valence-corrected chi connectivity index (χ3v) is 2.34. The maximum atomic E-state index is 9.00. The average Bonchev–Trinajstić information content (AvgIpc) is 2.16. The molecule has 0 saturated carbocycles. The van der Waals surface area contributed by atoms with Crippen molar-refractivity contribution >= 4 is 5.69 Å². The zero-order valence-corrected chi connectivity index (χ0v) is 10.4. The molecule has 0 aliphatic carbocycles. The molecule has 16 heavy (non-hydrogen) atoms. The Morgan fingerprint density at radius 2 is 2.12 bits per heavy atom. The van der Waals surface area contributed by atoms with Gasteiger partial charge < -0.3 is 10.2 Å². The highest BCUT2D eigenvalue weighted by Gasteiger charge is 2.07. The van der Waals surface area contributed by atoms with Crippen LogP contribution in [0.5, 0.6) is 0 Å². The molecule has 3 heteroatoms. The van der Waals surface area contributed by atoms with E-state index in [-0.39, 0.29) is 0 Å². The lowest BCUT2D eigenvalue weighted by Gasteiger charge is -2.20. The number of benzene rings is 1. The van der Waals surface area contributed by atoms with Gasteiger partial charge in [0.2, 0.25) is 0 Å². The number of hydrogen-bond donors (Lipinski definition) is 1. The van der Waals surface area contributed by atoms with Crippen LogP contribution in [-0.2, 0) is 0 Å². The summed E-state index contributed by atoms with van der Waals surface area (Å²) >= 11 is 0. The van der Waals surface area contributed by atoms with Gasteiger partial charge in [0.15, 0.2) is 0 Å². The van der Waals surface area contributed by atoms with Crippen LogP contribution in [0.3, 0.4) is 0 Å². The molecule has 3 nitrogen and oxygen atoms in total. The molecule has 0 saturated heterocycles. The molecule has 1 aromatic rings. The van der Waals surface area contributed by atoms with Crippen molar-refractivity contribution < 1.29 is 0 Å². The number of likely N-dealkylation sites (N-methyl/N-ethyl adjacent to an activating group) is 1. The molecule has 0 radical (unpaired) electrons. The average molecular weight is 217 g/mol. The summed E-state index contributed by atoms with van der Waals surface area (Å²) in [7, 11) is 4.08. The van der Waals surface area contributed by atoms with Gasteiger partial charge >= 0.3 is 0 Å². The topological polar surface area (TPSA) is 39.1 Å². The standard InChI is InChI=1S/C13H19N3/c1-10-5-6-12(8-14)13(7-10)15-11(2)9-16(3)4/h5-7,11,15H,9H2,1-4H3. The second kappa shape index (κ2) is 5.53. The van der Waals surface area contributed by atoms with E-state index in [0.717, 1.165) is 12.2 Å². The van der Waals surface area contributed by atoms with E-state index in [9.17, 15) is 0 Å². The third kappa shape index (κ3) is 3.56. The Balaban J connectivity index is 2.80. The zero-order chi connectivity index (χ0) is 12.1. The summed E-state index contributed by atoms with van der Waals surface area (Å²) in [6.07, 6.45) is 0. The van der Waals surface area contributed by atoms with Crippen molar-refractivity contribution in [3.05, 3.63) is 29.3 Å². The molecule has 1 N–H and O–H groups in total. The Labute approximate surface area is 97.7 Å². The van der Waals surface area contributed by atoms with E-state index in [2.05, 4.69) is 23.2 Å². The van der Waals surface area contributed by atoms with E-state index in [4.69, 9.17) is 5.26 Å². The first-order valence-electron chi connectivity index (χ1n) is 5.45. The van der Waals surface area contributed by atoms with Gasteiger partial charge in [-0.2, -0.15) is 5.26 Å². The van der Waals surface area contributed by atoms with Gasteiger partial charge in [-0.05, 0) is 45.6 Å². The van der Waals surface area contributed by atoms with Gasteiger partial charge in [-0.3, -0.25) is 0 Å². The maximum absolute atomic E-state index is 9.00. The normalized spacial score (nSPS) is 12.2. The number of anilines is 1. The van der Waals surface area contributed by atoms with Crippen LogP contribution in [0, 0.1) is 18.3 Å². The highest BCUT2D eigenvalue weighted by molar-refractivity contribution is 5.59. The van der Waals surface area contributed by atoms with Crippen molar-refractivity contribution in [3.8, 4) is 6.07 Å². The maximum Gasteiger partial charge on any atom is 0.101 e. The smallest absolute Gasteiger partial charge is 0.101 e. The van der Waals surface area contributed by atoms with Gasteiger partial charge in [-0.25, -0.2) is 0 Å². The van der Waals surface area contributed by atoms with Crippen LogP contribution in [0.2, 0.25) is 0 Å². The number of hydrogen-bond acceptors (Lipinski definition) is 3. The fraction of sp³-hybridized carbons (Fsp3) is 0.462. The molecule has 1 atom stereocenters. The van der Waals surface area contributed by atoms with Gasteiger partial charge in [0.05, 0.1) is 11.3 Å². The SMILES string of the molecule is Cc1ccc(C#N)c(NC(C)CN(C)C)c1. The van der Waals surface area contributed by atoms with Crippen LogP contribution >= 0.6 is 0 Å². The summed E-state index contributed by atoms with van der Waals surface area (Å²) in [4.78, 5) is 2.12. The highest BCUT2D eigenvalue weighted by atomic mass is 15.1. The predicted octanol–water partition coefficient (Wildman–Crippen LogP) is 2.23. The van der Waals surface area contributed by atoms with E-state index < -0.39 is 0 Å². The monoisotopic (exact) mass is 217 g/mol. The van der Waals surface area contributed by atoms with E-state index in [1.165, 1.54) is 5.56 Å². The quantitative estimate of drug-likeness (QED) is 0.840. The number of rotatable bonds is 4. The van der Waals surface area contributed by atoms with Gasteiger partial charge in [-0.1, -0.05) is 6.07 Å². The molecule has 86 valence electrons. The largest absolute Gasteiger partial charge is 0.380 e. The molecule has 0 aromatic heterocycles. The molecule has 0 spiro atoms. The number of aryl methyl sites for hydroxylation is 1. The lowest BCUT2D eigenvalue weighted by molar-refractivity contribution is 0.392. The second-order valence-corrected chi connectivity index (χ2v) is 4.47. The summed E-state index contributed by atoms with van der Waals surface area (Å²) in [6.45, 7) is 5.09. The molecule has 0 amide bonds. The number of nitrogens with one attached hydrogen (secondary N) is 1. The van der Waals surface area contributed by atoms with Crippen LogP contribution in [-0.4, -0.2) is 31.6 Å². The molecule has 1 rings (SSSR count). The molecular weight excluding hydrogens is 198 g/mol. The van der Waals surface area contributed by atoms with Crippen LogP contribution in [0.1, 0.15) is 18.1 Å². The van der Waals surface area contributed by atoms with Crippen molar-refractivity contribution in [2.75, 3.05) is 26.0 Å². The minimum absolute atomic E-state index is 0.323. The summed E-state index contributed by atoms with van der Waals surface area (Å²) in [5.41, 5.74) is 2.80. The Kier molecular flexibility index (Phi) is 4.33. The van der Waals surface area contributed by atoms with Crippen molar-refractivity contribution in [1.82, 2.24) is 4.90 Å². The van der Waals surface area contributed by atoms with E-state index in [0.29, 0.717) is 11.6 Å². The minimum Gasteiger partial charge on any atom is -0.380 e. The molecule has 0 aliphatic heterocycles. The highest BCUT2D eigenvalue weighted by Crippen LogP contribution is 2.17. The van der Waals surface area contributed by atoms with Crippen LogP contribution in [0.4, 0.5) is 5.69 Å². The second-order valence-electron chi connectivity index (χ2n) is 4.47. The number of nitrogens with zero attached hydrogens (tertiary/aromatic N) is 2.